The highest BCUT2D eigenvalue weighted by Crippen LogP contribution is 2.32. The normalized spacial score (nSPS) is 11.6. The monoisotopic (exact) mass is 322 g/mol. The second-order valence-electron chi connectivity index (χ2n) is 5.02. The van der Waals surface area contributed by atoms with Crippen LogP contribution in [-0.2, 0) is 5.41 Å². The molecular formula is C17H19ClO2S. The molecule has 0 spiro atoms. The first kappa shape index (κ1) is 16.4. The summed E-state index contributed by atoms with van der Waals surface area (Å²) >= 11 is 7.75. The quantitative estimate of drug-likeness (QED) is 0.763. The van der Waals surface area contributed by atoms with Gasteiger partial charge in [-0.3, -0.25) is 0 Å². The molecule has 0 aromatic heterocycles. The molecule has 2 nitrogen and oxygen atoms in total. The maximum atomic E-state index is 9.81. The third-order valence-electron chi connectivity index (χ3n) is 3.63. The fourth-order valence-corrected chi connectivity index (χ4v) is 3.50. The van der Waals surface area contributed by atoms with Gasteiger partial charge >= 0.3 is 0 Å². The van der Waals surface area contributed by atoms with Gasteiger partial charge in [0.05, 0.1) is 13.2 Å². The molecule has 21 heavy (non-hydrogen) atoms. The van der Waals surface area contributed by atoms with E-state index in [2.05, 4.69) is 12.1 Å². The van der Waals surface area contributed by atoms with E-state index in [4.69, 9.17) is 11.6 Å². The second kappa shape index (κ2) is 7.85. The van der Waals surface area contributed by atoms with E-state index in [0.717, 1.165) is 11.3 Å². The maximum absolute atomic E-state index is 9.81. The number of benzene rings is 2. The van der Waals surface area contributed by atoms with Crippen LogP contribution in [0, 0.1) is 0 Å². The largest absolute Gasteiger partial charge is 0.395 e. The highest BCUT2D eigenvalue weighted by Gasteiger charge is 2.30. The van der Waals surface area contributed by atoms with Crippen molar-refractivity contribution in [3.63, 3.8) is 0 Å². The van der Waals surface area contributed by atoms with Gasteiger partial charge in [-0.25, -0.2) is 0 Å². The van der Waals surface area contributed by atoms with Crippen molar-refractivity contribution in [2.75, 3.05) is 19.0 Å². The molecule has 0 radical (unpaired) electrons. The Labute approximate surface area is 134 Å². The number of thioether (sulfide) groups is 1. The summed E-state index contributed by atoms with van der Waals surface area (Å²) < 4.78 is 0. The lowest BCUT2D eigenvalue weighted by molar-refractivity contribution is 0.114. The zero-order valence-corrected chi connectivity index (χ0v) is 13.3. The summed E-state index contributed by atoms with van der Waals surface area (Å²) in [5, 5.41) is 20.2. The lowest BCUT2D eigenvalue weighted by Gasteiger charge is -2.30. The average molecular weight is 323 g/mol. The Hall–Kier alpha value is -1.00. The van der Waals surface area contributed by atoms with Crippen LogP contribution in [0.15, 0.2) is 59.5 Å². The molecular weight excluding hydrogens is 304 g/mol. The molecule has 2 aromatic rings. The maximum Gasteiger partial charge on any atom is 0.0550 e. The minimum Gasteiger partial charge on any atom is -0.395 e. The fourth-order valence-electron chi connectivity index (χ4n) is 2.23. The zero-order chi connectivity index (χ0) is 15.1. The molecule has 112 valence electrons. The van der Waals surface area contributed by atoms with Crippen LogP contribution in [0.25, 0.3) is 0 Å². The van der Waals surface area contributed by atoms with E-state index >= 15 is 0 Å². The minimum atomic E-state index is -0.646. The summed E-state index contributed by atoms with van der Waals surface area (Å²) in [4.78, 5) is 1.19. The lowest BCUT2D eigenvalue weighted by Crippen LogP contribution is -2.35. The molecule has 2 aromatic carbocycles. The van der Waals surface area contributed by atoms with E-state index < -0.39 is 5.41 Å². The molecule has 0 fully saturated rings. The molecule has 0 aliphatic heterocycles. The summed E-state index contributed by atoms with van der Waals surface area (Å²) in [6, 6.07) is 17.5. The van der Waals surface area contributed by atoms with Crippen LogP contribution in [0.4, 0.5) is 0 Å². The third kappa shape index (κ3) is 4.24. The fraction of sp³-hybridized carbons (Fsp3) is 0.294. The molecule has 0 amide bonds. The highest BCUT2D eigenvalue weighted by molar-refractivity contribution is 7.99. The predicted molar refractivity (Wildman–Crippen MR) is 89.1 cm³/mol. The highest BCUT2D eigenvalue weighted by atomic mass is 35.5. The van der Waals surface area contributed by atoms with E-state index in [1.807, 2.05) is 36.4 Å². The molecule has 0 saturated heterocycles. The van der Waals surface area contributed by atoms with Crippen molar-refractivity contribution in [1.29, 1.82) is 0 Å². The average Bonchev–Trinajstić information content (AvgIpc) is 2.53. The number of hydrogen-bond acceptors (Lipinski definition) is 3. The van der Waals surface area contributed by atoms with E-state index in [1.165, 1.54) is 4.90 Å². The SMILES string of the molecule is OCC(CO)(CCSc1ccccc1)c1cccc(Cl)c1. The second-order valence-corrected chi connectivity index (χ2v) is 6.62. The van der Waals surface area contributed by atoms with E-state index in [9.17, 15) is 10.2 Å². The standard InChI is InChI=1S/C17H19ClO2S/c18-15-6-4-5-14(11-15)17(12-19,13-20)9-10-21-16-7-2-1-3-8-16/h1-8,11,19-20H,9-10,12-13H2. The predicted octanol–water partition coefficient (Wildman–Crippen LogP) is 3.74. The first-order valence-electron chi connectivity index (χ1n) is 6.86. The van der Waals surface area contributed by atoms with Crippen LogP contribution in [0.3, 0.4) is 0 Å². The van der Waals surface area contributed by atoms with Crippen molar-refractivity contribution in [3.8, 4) is 0 Å². The molecule has 4 heteroatoms. The molecule has 0 saturated carbocycles. The van der Waals surface area contributed by atoms with Gasteiger partial charge < -0.3 is 10.2 Å². The van der Waals surface area contributed by atoms with Gasteiger partial charge in [-0.05, 0) is 42.0 Å². The number of aliphatic hydroxyl groups excluding tert-OH is 2. The van der Waals surface area contributed by atoms with Gasteiger partial charge in [0.2, 0.25) is 0 Å². The molecule has 0 aliphatic rings. The van der Waals surface area contributed by atoms with Gasteiger partial charge in [-0.2, -0.15) is 0 Å². The van der Waals surface area contributed by atoms with Crippen molar-refractivity contribution in [2.24, 2.45) is 0 Å². The molecule has 2 rings (SSSR count). The van der Waals surface area contributed by atoms with Crippen LogP contribution < -0.4 is 0 Å². The van der Waals surface area contributed by atoms with Crippen LogP contribution in [0.2, 0.25) is 5.02 Å². The van der Waals surface area contributed by atoms with Crippen molar-refractivity contribution < 1.29 is 10.2 Å². The third-order valence-corrected chi connectivity index (χ3v) is 4.88. The zero-order valence-electron chi connectivity index (χ0n) is 11.7. The summed E-state index contributed by atoms with van der Waals surface area (Å²) in [6.45, 7) is -0.196. The van der Waals surface area contributed by atoms with Gasteiger partial charge in [0.15, 0.2) is 0 Å². The Morgan fingerprint density at radius 1 is 0.952 bits per heavy atom. The first-order valence-corrected chi connectivity index (χ1v) is 8.22. The summed E-state index contributed by atoms with van der Waals surface area (Å²) in [7, 11) is 0. The first-order chi connectivity index (χ1) is 10.2. The molecule has 0 atom stereocenters. The Morgan fingerprint density at radius 2 is 1.67 bits per heavy atom. The van der Waals surface area contributed by atoms with E-state index in [0.29, 0.717) is 11.4 Å². The minimum absolute atomic E-state index is 0.0980. The van der Waals surface area contributed by atoms with Crippen molar-refractivity contribution in [2.45, 2.75) is 16.7 Å². The molecule has 0 bridgehead atoms. The molecule has 0 aliphatic carbocycles. The number of halogens is 1. The Morgan fingerprint density at radius 3 is 2.29 bits per heavy atom. The van der Waals surface area contributed by atoms with Gasteiger partial charge in [0, 0.05) is 15.3 Å². The number of hydrogen-bond donors (Lipinski definition) is 2. The molecule has 2 N–H and O–H groups in total. The Balaban J connectivity index is 2.08. The Kier molecular flexibility index (Phi) is 6.12. The molecule has 0 unspecified atom stereocenters. The van der Waals surface area contributed by atoms with Crippen LogP contribution in [0.1, 0.15) is 12.0 Å². The van der Waals surface area contributed by atoms with Crippen LogP contribution in [0.5, 0.6) is 0 Å². The van der Waals surface area contributed by atoms with Gasteiger partial charge in [0.25, 0.3) is 0 Å². The van der Waals surface area contributed by atoms with Gasteiger partial charge in [0.1, 0.15) is 0 Å². The van der Waals surface area contributed by atoms with Crippen LogP contribution in [-0.4, -0.2) is 29.2 Å². The van der Waals surface area contributed by atoms with Crippen LogP contribution >= 0.6 is 23.4 Å². The number of aliphatic hydroxyl groups is 2. The summed E-state index contributed by atoms with van der Waals surface area (Å²) in [5.74, 6) is 0.817. The van der Waals surface area contributed by atoms with Crippen molar-refractivity contribution in [3.05, 3.63) is 65.2 Å². The topological polar surface area (TPSA) is 40.5 Å². The lowest BCUT2D eigenvalue weighted by atomic mass is 9.79. The van der Waals surface area contributed by atoms with E-state index in [1.54, 1.807) is 17.8 Å². The summed E-state index contributed by atoms with van der Waals surface area (Å²) in [6.07, 6.45) is 0.680. The Bertz CT molecular complexity index is 556. The van der Waals surface area contributed by atoms with E-state index in [-0.39, 0.29) is 13.2 Å². The summed E-state index contributed by atoms with van der Waals surface area (Å²) in [5.41, 5.74) is 0.237. The van der Waals surface area contributed by atoms with Crippen molar-refractivity contribution in [1.82, 2.24) is 0 Å². The van der Waals surface area contributed by atoms with Gasteiger partial charge in [-0.15, -0.1) is 11.8 Å². The van der Waals surface area contributed by atoms with Crippen molar-refractivity contribution >= 4 is 23.4 Å². The number of rotatable bonds is 7. The molecule has 0 heterocycles. The smallest absolute Gasteiger partial charge is 0.0550 e. The van der Waals surface area contributed by atoms with Gasteiger partial charge in [-0.1, -0.05) is 41.9 Å².